The van der Waals surface area contributed by atoms with E-state index in [2.05, 4.69) is 44.8 Å². The van der Waals surface area contributed by atoms with Crippen LogP contribution in [0.1, 0.15) is 27.9 Å². The van der Waals surface area contributed by atoms with Crippen LogP contribution in [0, 0.1) is 0 Å². The summed E-state index contributed by atoms with van der Waals surface area (Å²) in [4.78, 5) is 18.9. The van der Waals surface area contributed by atoms with E-state index in [1.54, 1.807) is 6.20 Å². The van der Waals surface area contributed by atoms with E-state index in [4.69, 9.17) is 4.74 Å². The second-order valence-electron chi connectivity index (χ2n) is 7.44. The number of anilines is 1. The number of carbonyl (C=O) groups is 1. The Hall–Kier alpha value is -2.44. The Morgan fingerprint density at radius 3 is 2.50 bits per heavy atom. The predicted octanol–water partition coefficient (Wildman–Crippen LogP) is 1.80. The summed E-state index contributed by atoms with van der Waals surface area (Å²) in [5, 5.41) is 6.59. The molecule has 2 N–H and O–H groups in total. The zero-order chi connectivity index (χ0) is 19.2. The molecule has 148 valence electrons. The van der Waals surface area contributed by atoms with Crippen molar-refractivity contribution in [2.75, 3.05) is 44.3 Å². The normalized spacial score (nSPS) is 16.8. The standard InChI is InChI=1S/C22H28N4O2/c27-22(19-6-7-21(25-16-19)26-10-12-28-13-11-26)24-9-3-8-23-20-14-17-4-1-2-5-18(17)15-20/h1-2,4-7,16,20,23H,3,8-15H2,(H,24,27). The number of benzene rings is 1. The molecule has 4 rings (SSSR count). The molecule has 0 radical (unpaired) electrons. The zero-order valence-electron chi connectivity index (χ0n) is 16.2. The van der Waals surface area contributed by atoms with Crippen LogP contribution >= 0.6 is 0 Å². The first-order chi connectivity index (χ1) is 13.8. The molecule has 1 fully saturated rings. The van der Waals surface area contributed by atoms with Gasteiger partial charge in [0.1, 0.15) is 5.82 Å². The first-order valence-corrected chi connectivity index (χ1v) is 10.2. The fourth-order valence-corrected chi connectivity index (χ4v) is 3.90. The van der Waals surface area contributed by atoms with Gasteiger partial charge in [-0.1, -0.05) is 24.3 Å². The van der Waals surface area contributed by atoms with Crippen molar-refractivity contribution in [1.82, 2.24) is 15.6 Å². The SMILES string of the molecule is O=C(NCCCNC1Cc2ccccc2C1)c1ccc(N2CCOCC2)nc1. The van der Waals surface area contributed by atoms with Crippen molar-refractivity contribution in [2.45, 2.75) is 25.3 Å². The van der Waals surface area contributed by atoms with Crippen LogP contribution in [0.5, 0.6) is 0 Å². The highest BCUT2D eigenvalue weighted by Crippen LogP contribution is 2.21. The molecule has 0 unspecified atom stereocenters. The van der Waals surface area contributed by atoms with Crippen molar-refractivity contribution in [1.29, 1.82) is 0 Å². The molecule has 1 aromatic heterocycles. The number of carbonyl (C=O) groups excluding carboxylic acids is 1. The molecular formula is C22H28N4O2. The molecule has 1 saturated heterocycles. The molecule has 6 nitrogen and oxygen atoms in total. The van der Waals surface area contributed by atoms with Gasteiger partial charge in [0.2, 0.25) is 0 Å². The van der Waals surface area contributed by atoms with Crippen molar-refractivity contribution in [2.24, 2.45) is 0 Å². The van der Waals surface area contributed by atoms with Crippen molar-refractivity contribution < 1.29 is 9.53 Å². The molecule has 0 atom stereocenters. The van der Waals surface area contributed by atoms with Gasteiger partial charge in [0.05, 0.1) is 18.8 Å². The van der Waals surface area contributed by atoms with Crippen molar-refractivity contribution in [3.05, 3.63) is 59.3 Å². The van der Waals surface area contributed by atoms with Gasteiger partial charge in [0, 0.05) is 31.9 Å². The first-order valence-electron chi connectivity index (χ1n) is 10.2. The average molecular weight is 380 g/mol. The number of aromatic nitrogens is 1. The van der Waals surface area contributed by atoms with Crippen LogP contribution in [0.3, 0.4) is 0 Å². The molecule has 1 aliphatic carbocycles. The van der Waals surface area contributed by atoms with Crippen LogP contribution < -0.4 is 15.5 Å². The number of fused-ring (bicyclic) bond motifs is 1. The molecule has 28 heavy (non-hydrogen) atoms. The summed E-state index contributed by atoms with van der Waals surface area (Å²) in [6.07, 6.45) is 4.78. The first kappa shape index (κ1) is 18.9. The molecule has 0 spiro atoms. The maximum absolute atomic E-state index is 12.3. The third-order valence-corrected chi connectivity index (χ3v) is 5.47. The summed E-state index contributed by atoms with van der Waals surface area (Å²) >= 11 is 0. The average Bonchev–Trinajstić information content (AvgIpc) is 3.17. The molecule has 2 aliphatic rings. The lowest BCUT2D eigenvalue weighted by atomic mass is 10.1. The summed E-state index contributed by atoms with van der Waals surface area (Å²) in [6, 6.07) is 12.9. The van der Waals surface area contributed by atoms with Crippen molar-refractivity contribution in [3.63, 3.8) is 0 Å². The fourth-order valence-electron chi connectivity index (χ4n) is 3.90. The number of morpholine rings is 1. The van der Waals surface area contributed by atoms with Gasteiger partial charge in [-0.2, -0.15) is 0 Å². The fraction of sp³-hybridized carbons (Fsp3) is 0.455. The minimum Gasteiger partial charge on any atom is -0.378 e. The van der Waals surface area contributed by atoms with Gasteiger partial charge < -0.3 is 20.3 Å². The largest absolute Gasteiger partial charge is 0.378 e. The number of pyridine rings is 1. The summed E-state index contributed by atoms with van der Waals surface area (Å²) in [5.41, 5.74) is 3.53. The second-order valence-corrected chi connectivity index (χ2v) is 7.44. The van der Waals surface area contributed by atoms with Gasteiger partial charge >= 0.3 is 0 Å². The Balaban J connectivity index is 1.15. The van der Waals surface area contributed by atoms with E-state index in [1.807, 2.05) is 12.1 Å². The maximum Gasteiger partial charge on any atom is 0.252 e. The van der Waals surface area contributed by atoms with E-state index in [0.29, 0.717) is 18.2 Å². The number of hydrogen-bond donors (Lipinski definition) is 2. The summed E-state index contributed by atoms with van der Waals surface area (Å²) in [6.45, 7) is 4.72. The molecule has 0 saturated carbocycles. The van der Waals surface area contributed by atoms with E-state index in [-0.39, 0.29) is 5.91 Å². The smallest absolute Gasteiger partial charge is 0.252 e. The van der Waals surface area contributed by atoms with E-state index in [9.17, 15) is 4.79 Å². The van der Waals surface area contributed by atoms with Crippen LogP contribution in [0.25, 0.3) is 0 Å². The molecule has 6 heteroatoms. The van der Waals surface area contributed by atoms with Gasteiger partial charge in [0.15, 0.2) is 0 Å². The molecule has 0 bridgehead atoms. The van der Waals surface area contributed by atoms with Crippen LogP contribution in [-0.2, 0) is 17.6 Å². The lowest BCUT2D eigenvalue weighted by Gasteiger charge is -2.27. The minimum atomic E-state index is -0.0608. The number of nitrogens with zero attached hydrogens (tertiary/aromatic N) is 2. The van der Waals surface area contributed by atoms with Gasteiger partial charge in [-0.05, 0) is 49.1 Å². The highest BCUT2D eigenvalue weighted by atomic mass is 16.5. The number of hydrogen-bond acceptors (Lipinski definition) is 5. The van der Waals surface area contributed by atoms with Crippen LogP contribution in [-0.4, -0.2) is 56.3 Å². The Bertz CT molecular complexity index is 762. The molecule has 2 aromatic rings. The predicted molar refractivity (Wildman–Crippen MR) is 110 cm³/mol. The zero-order valence-corrected chi connectivity index (χ0v) is 16.2. The van der Waals surface area contributed by atoms with E-state index >= 15 is 0 Å². The summed E-state index contributed by atoms with van der Waals surface area (Å²) in [5.74, 6) is 0.843. The third-order valence-electron chi connectivity index (χ3n) is 5.47. The Kier molecular flexibility index (Phi) is 6.19. The lowest BCUT2D eigenvalue weighted by molar-refractivity contribution is 0.0952. The van der Waals surface area contributed by atoms with E-state index < -0.39 is 0 Å². The van der Waals surface area contributed by atoms with Crippen LogP contribution in [0.4, 0.5) is 5.82 Å². The molecule has 1 aromatic carbocycles. The number of ether oxygens (including phenoxy) is 1. The Labute approximate surface area is 166 Å². The third kappa shape index (κ3) is 4.69. The lowest BCUT2D eigenvalue weighted by Crippen LogP contribution is -2.36. The van der Waals surface area contributed by atoms with Crippen molar-refractivity contribution >= 4 is 11.7 Å². The number of nitrogens with one attached hydrogen (secondary N) is 2. The summed E-state index contributed by atoms with van der Waals surface area (Å²) < 4.78 is 5.36. The van der Waals surface area contributed by atoms with Gasteiger partial charge in [-0.3, -0.25) is 4.79 Å². The topological polar surface area (TPSA) is 66.5 Å². The monoisotopic (exact) mass is 380 g/mol. The number of amides is 1. The van der Waals surface area contributed by atoms with Gasteiger partial charge in [-0.25, -0.2) is 4.98 Å². The number of rotatable bonds is 7. The Morgan fingerprint density at radius 1 is 1.07 bits per heavy atom. The quantitative estimate of drug-likeness (QED) is 0.717. The molecule has 1 amide bonds. The van der Waals surface area contributed by atoms with Gasteiger partial charge in [0.25, 0.3) is 5.91 Å². The van der Waals surface area contributed by atoms with Crippen molar-refractivity contribution in [3.8, 4) is 0 Å². The Morgan fingerprint density at radius 2 is 1.82 bits per heavy atom. The molecular weight excluding hydrogens is 352 g/mol. The second kappa shape index (κ2) is 9.17. The summed E-state index contributed by atoms with van der Waals surface area (Å²) in [7, 11) is 0. The van der Waals surface area contributed by atoms with E-state index in [1.165, 1.54) is 11.1 Å². The highest BCUT2D eigenvalue weighted by molar-refractivity contribution is 5.94. The highest BCUT2D eigenvalue weighted by Gasteiger charge is 2.19. The van der Waals surface area contributed by atoms with E-state index in [0.717, 1.165) is 57.9 Å². The van der Waals surface area contributed by atoms with Gasteiger partial charge in [-0.15, -0.1) is 0 Å². The maximum atomic E-state index is 12.3. The van der Waals surface area contributed by atoms with Crippen LogP contribution in [0.2, 0.25) is 0 Å². The minimum absolute atomic E-state index is 0.0608. The molecule has 2 heterocycles. The van der Waals surface area contributed by atoms with Crippen LogP contribution in [0.15, 0.2) is 42.6 Å². The molecule has 1 aliphatic heterocycles.